The molecule has 1 fully saturated rings. The van der Waals surface area contributed by atoms with Crippen molar-refractivity contribution in [1.29, 1.82) is 0 Å². The molecular weight excluding hydrogens is 268 g/mol. The van der Waals surface area contributed by atoms with Crippen LogP contribution in [0.2, 0.25) is 0 Å². The number of rotatable bonds is 2. The molecule has 6 heteroatoms. The molecule has 0 aliphatic carbocycles. The summed E-state index contributed by atoms with van der Waals surface area (Å²) in [5, 5.41) is 6.07. The number of hydrogen-bond donors (Lipinski definition) is 0. The maximum atomic E-state index is 12.2. The van der Waals surface area contributed by atoms with E-state index in [1.807, 2.05) is 29.3 Å². The lowest BCUT2D eigenvalue weighted by atomic mass is 10.3. The van der Waals surface area contributed by atoms with Crippen LogP contribution in [0.3, 0.4) is 0 Å². The van der Waals surface area contributed by atoms with E-state index in [-0.39, 0.29) is 11.3 Å². The van der Waals surface area contributed by atoms with Crippen molar-refractivity contribution in [2.24, 2.45) is 0 Å². The Kier molecular flexibility index (Phi) is 3.13. The molecule has 1 amide bonds. The lowest BCUT2D eigenvalue weighted by Gasteiger charge is -2.18. The van der Waals surface area contributed by atoms with Crippen molar-refractivity contribution < 1.29 is 9.32 Å². The highest BCUT2D eigenvalue weighted by Crippen LogP contribution is 2.28. The third kappa shape index (κ3) is 2.06. The number of nitrogens with zero attached hydrogens (tertiary/aromatic N) is 2. The van der Waals surface area contributed by atoms with Crippen molar-refractivity contribution in [3.05, 3.63) is 29.3 Å². The maximum absolute atomic E-state index is 12.2. The molecule has 1 saturated heterocycles. The van der Waals surface area contributed by atoms with Gasteiger partial charge in [0, 0.05) is 18.4 Å². The third-order valence-electron chi connectivity index (χ3n) is 2.88. The predicted octanol–water partition coefficient (Wildman–Crippen LogP) is 2.94. The van der Waals surface area contributed by atoms with Crippen LogP contribution >= 0.6 is 23.1 Å². The largest absolute Gasteiger partial charge is 0.355 e. The normalized spacial score (nSPS) is 19.4. The molecule has 94 valence electrons. The molecule has 0 bridgehead atoms. The van der Waals surface area contributed by atoms with E-state index in [4.69, 9.17) is 4.52 Å². The van der Waals surface area contributed by atoms with E-state index >= 15 is 0 Å². The topological polar surface area (TPSA) is 46.3 Å². The molecular formula is C12H12N2O2S2. The van der Waals surface area contributed by atoms with Crippen molar-refractivity contribution in [2.45, 2.75) is 12.3 Å². The quantitative estimate of drug-likeness (QED) is 0.848. The van der Waals surface area contributed by atoms with Crippen molar-refractivity contribution >= 4 is 29.0 Å². The number of carbonyl (C=O) groups is 1. The molecule has 18 heavy (non-hydrogen) atoms. The van der Waals surface area contributed by atoms with Crippen LogP contribution in [0, 0.1) is 0 Å². The van der Waals surface area contributed by atoms with Crippen molar-refractivity contribution in [2.75, 3.05) is 12.3 Å². The van der Waals surface area contributed by atoms with E-state index in [1.165, 1.54) is 0 Å². The van der Waals surface area contributed by atoms with Gasteiger partial charge >= 0.3 is 0 Å². The van der Waals surface area contributed by atoms with Gasteiger partial charge in [0.25, 0.3) is 5.91 Å². The Morgan fingerprint density at radius 3 is 3.17 bits per heavy atom. The number of amides is 1. The number of aromatic nitrogens is 1. The first kappa shape index (κ1) is 11.8. The van der Waals surface area contributed by atoms with Crippen molar-refractivity contribution in [1.82, 2.24) is 10.1 Å². The van der Waals surface area contributed by atoms with Gasteiger partial charge in [0.15, 0.2) is 11.5 Å². The van der Waals surface area contributed by atoms with E-state index in [9.17, 15) is 4.79 Å². The minimum Gasteiger partial charge on any atom is -0.355 e. The summed E-state index contributed by atoms with van der Waals surface area (Å²) in [6.45, 7) is 2.82. The zero-order valence-electron chi connectivity index (χ0n) is 9.83. The predicted molar refractivity (Wildman–Crippen MR) is 72.8 cm³/mol. The second-order valence-electron chi connectivity index (χ2n) is 4.02. The first-order valence-corrected chi connectivity index (χ1v) is 7.62. The van der Waals surface area contributed by atoms with E-state index in [0.29, 0.717) is 11.5 Å². The molecule has 1 atom stereocenters. The Morgan fingerprint density at radius 2 is 2.50 bits per heavy atom. The summed E-state index contributed by atoms with van der Waals surface area (Å²) >= 11 is 3.35. The van der Waals surface area contributed by atoms with Gasteiger partial charge in [0.05, 0.1) is 10.3 Å². The lowest BCUT2D eigenvalue weighted by molar-refractivity contribution is 0.0758. The fourth-order valence-electron chi connectivity index (χ4n) is 1.92. The van der Waals surface area contributed by atoms with Gasteiger partial charge in [-0.15, -0.1) is 23.1 Å². The van der Waals surface area contributed by atoms with Crippen LogP contribution < -0.4 is 0 Å². The van der Waals surface area contributed by atoms with E-state index in [1.54, 1.807) is 29.2 Å². The summed E-state index contributed by atoms with van der Waals surface area (Å²) in [7, 11) is 0. The Hall–Kier alpha value is -1.27. The van der Waals surface area contributed by atoms with Gasteiger partial charge in [-0.1, -0.05) is 11.2 Å². The average Bonchev–Trinajstić information content (AvgIpc) is 3.09. The average molecular weight is 280 g/mol. The zero-order chi connectivity index (χ0) is 12.5. The third-order valence-corrected chi connectivity index (χ3v) is 4.92. The Balaban J connectivity index is 1.83. The van der Waals surface area contributed by atoms with Crippen LogP contribution in [-0.2, 0) is 0 Å². The summed E-state index contributed by atoms with van der Waals surface area (Å²) in [5.74, 6) is 1.61. The van der Waals surface area contributed by atoms with Crippen LogP contribution in [0.1, 0.15) is 17.4 Å². The molecule has 4 nitrogen and oxygen atoms in total. The molecule has 0 aromatic carbocycles. The molecule has 1 aliphatic heterocycles. The second kappa shape index (κ2) is 4.78. The molecule has 0 saturated carbocycles. The second-order valence-corrected chi connectivity index (χ2v) is 6.39. The fourth-order valence-corrected chi connectivity index (χ4v) is 3.62. The number of carbonyl (C=O) groups excluding carboxylic acids is 1. The molecule has 0 spiro atoms. The highest BCUT2D eigenvalue weighted by Gasteiger charge is 2.28. The van der Waals surface area contributed by atoms with E-state index in [2.05, 4.69) is 5.16 Å². The van der Waals surface area contributed by atoms with Gasteiger partial charge in [-0.2, -0.15) is 0 Å². The monoisotopic (exact) mass is 280 g/mol. The molecule has 0 radical (unpaired) electrons. The summed E-state index contributed by atoms with van der Waals surface area (Å²) < 4.78 is 5.23. The van der Waals surface area contributed by atoms with Gasteiger partial charge in [-0.3, -0.25) is 4.79 Å². The molecule has 0 N–H and O–H groups in total. The molecule has 2 aromatic heterocycles. The summed E-state index contributed by atoms with van der Waals surface area (Å²) in [6, 6.07) is 5.63. The Bertz CT molecular complexity index is 550. The maximum Gasteiger partial charge on any atom is 0.276 e. The Labute approximate surface area is 113 Å². The first-order valence-electron chi connectivity index (χ1n) is 5.69. The zero-order valence-corrected chi connectivity index (χ0v) is 11.5. The highest BCUT2D eigenvalue weighted by atomic mass is 32.2. The SMILES string of the molecule is CC1SCCN1C(=O)c1cc(-c2cccs2)on1. The smallest absolute Gasteiger partial charge is 0.276 e. The molecule has 2 aromatic rings. The van der Waals surface area contributed by atoms with Crippen molar-refractivity contribution in [3.8, 4) is 10.6 Å². The summed E-state index contributed by atoms with van der Waals surface area (Å²) in [4.78, 5) is 15.1. The Morgan fingerprint density at radius 1 is 1.61 bits per heavy atom. The van der Waals surface area contributed by atoms with E-state index < -0.39 is 0 Å². The van der Waals surface area contributed by atoms with Crippen LogP contribution in [0.15, 0.2) is 28.1 Å². The molecule has 3 rings (SSSR count). The molecule has 1 unspecified atom stereocenters. The number of thioether (sulfide) groups is 1. The minimum atomic E-state index is -0.0425. The van der Waals surface area contributed by atoms with Gasteiger partial charge in [-0.05, 0) is 18.4 Å². The fraction of sp³-hybridized carbons (Fsp3) is 0.333. The van der Waals surface area contributed by atoms with E-state index in [0.717, 1.165) is 17.2 Å². The highest BCUT2D eigenvalue weighted by molar-refractivity contribution is 8.00. The van der Waals surface area contributed by atoms with Crippen LogP contribution in [0.4, 0.5) is 0 Å². The van der Waals surface area contributed by atoms with Gasteiger partial charge in [0.2, 0.25) is 0 Å². The van der Waals surface area contributed by atoms with Crippen LogP contribution in [-0.4, -0.2) is 33.6 Å². The lowest BCUT2D eigenvalue weighted by Crippen LogP contribution is -2.33. The van der Waals surface area contributed by atoms with Gasteiger partial charge in [-0.25, -0.2) is 0 Å². The summed E-state index contributed by atoms with van der Waals surface area (Å²) in [6.07, 6.45) is 0. The standard InChI is InChI=1S/C12H12N2O2S2/c1-8-14(4-6-17-8)12(15)9-7-10(16-13-9)11-3-2-5-18-11/h2-3,5,7-8H,4,6H2,1H3. The number of hydrogen-bond acceptors (Lipinski definition) is 5. The minimum absolute atomic E-state index is 0.0425. The van der Waals surface area contributed by atoms with Gasteiger partial charge < -0.3 is 9.42 Å². The summed E-state index contributed by atoms with van der Waals surface area (Å²) in [5.41, 5.74) is 0.396. The molecule has 1 aliphatic rings. The number of thiophene rings is 1. The van der Waals surface area contributed by atoms with Crippen LogP contribution in [0.25, 0.3) is 10.6 Å². The van der Waals surface area contributed by atoms with Crippen LogP contribution in [0.5, 0.6) is 0 Å². The molecule has 3 heterocycles. The van der Waals surface area contributed by atoms with Gasteiger partial charge in [0.1, 0.15) is 0 Å². The van der Waals surface area contributed by atoms with Crippen molar-refractivity contribution in [3.63, 3.8) is 0 Å². The first-order chi connectivity index (χ1) is 8.75.